The number of nitrogens with one attached hydrogen (secondary N) is 2. The number of amides is 2. The van der Waals surface area contributed by atoms with Gasteiger partial charge < -0.3 is 19.9 Å². The minimum absolute atomic E-state index is 0.0227. The fourth-order valence-electron chi connectivity index (χ4n) is 4.31. The van der Waals surface area contributed by atoms with E-state index in [-0.39, 0.29) is 23.2 Å². The average Bonchev–Trinajstić information content (AvgIpc) is 2.81. The molecule has 0 radical (unpaired) electrons. The quantitative estimate of drug-likeness (QED) is 0.588. The Morgan fingerprint density at radius 3 is 2.38 bits per heavy atom. The van der Waals surface area contributed by atoms with Crippen molar-refractivity contribution in [2.45, 2.75) is 76.9 Å². The Kier molecular flexibility index (Phi) is 9.82. The van der Waals surface area contributed by atoms with Gasteiger partial charge in [-0.1, -0.05) is 45.1 Å². The molecule has 1 fully saturated rings. The Bertz CT molecular complexity index is 998. The summed E-state index contributed by atoms with van der Waals surface area (Å²) in [4.78, 5) is 43.8. The summed E-state index contributed by atoms with van der Waals surface area (Å²) in [6.45, 7) is 2.61. The number of hydrogen-bond acceptors (Lipinski definition) is 5. The van der Waals surface area contributed by atoms with E-state index in [0.717, 1.165) is 31.4 Å². The molecule has 0 aromatic carbocycles. The summed E-state index contributed by atoms with van der Waals surface area (Å²) in [6, 6.07) is 5.37. The summed E-state index contributed by atoms with van der Waals surface area (Å²) < 4.78 is 6.84. The number of pyridine rings is 2. The normalized spacial score (nSPS) is 15.7. The standard InChI is InChI=1S/C26H36N4O4/c1-3-19(18-34-2)28-25(32)22-16-30(15-21-13-9-10-14-27-21)17-23(24(22)31)26(33)29-20-11-7-5-4-6-8-12-20/h9-10,13-14,16-17,19-20H,3-8,11-12,15,18H2,1-2H3,(H,28,32)(H,29,33)/t19-/m1/s1. The lowest BCUT2D eigenvalue weighted by atomic mass is 9.96. The molecule has 0 unspecified atom stereocenters. The molecule has 0 saturated heterocycles. The second kappa shape index (κ2) is 13.0. The Labute approximate surface area is 201 Å². The molecule has 2 amide bonds. The van der Waals surface area contributed by atoms with Gasteiger partial charge in [0.15, 0.2) is 0 Å². The van der Waals surface area contributed by atoms with Crippen LogP contribution in [0, 0.1) is 0 Å². The maximum Gasteiger partial charge on any atom is 0.257 e. The van der Waals surface area contributed by atoms with Crippen LogP contribution in [0.25, 0.3) is 0 Å². The third kappa shape index (κ3) is 7.25. The second-order valence-corrected chi connectivity index (χ2v) is 8.96. The molecule has 0 bridgehead atoms. The summed E-state index contributed by atoms with van der Waals surface area (Å²) in [5.41, 5.74) is 0.112. The van der Waals surface area contributed by atoms with Gasteiger partial charge >= 0.3 is 0 Å². The fraction of sp³-hybridized carbons (Fsp3) is 0.538. The van der Waals surface area contributed by atoms with Crippen molar-refractivity contribution >= 4 is 11.8 Å². The van der Waals surface area contributed by atoms with E-state index >= 15 is 0 Å². The van der Waals surface area contributed by atoms with E-state index in [0.29, 0.717) is 19.6 Å². The van der Waals surface area contributed by atoms with Crippen LogP contribution in [-0.4, -0.2) is 47.2 Å². The number of rotatable bonds is 9. The smallest absolute Gasteiger partial charge is 0.257 e. The Hall–Kier alpha value is -3.00. The summed E-state index contributed by atoms with van der Waals surface area (Å²) in [5, 5.41) is 5.91. The first-order valence-corrected chi connectivity index (χ1v) is 12.3. The SMILES string of the molecule is CC[C@H](COC)NC(=O)c1cn(Cc2ccccn2)cc(C(=O)NC2CCCCCCC2)c1=O. The largest absolute Gasteiger partial charge is 0.383 e. The molecular formula is C26H36N4O4. The van der Waals surface area contributed by atoms with Crippen molar-refractivity contribution in [3.63, 3.8) is 0 Å². The van der Waals surface area contributed by atoms with E-state index in [1.165, 1.54) is 31.7 Å². The van der Waals surface area contributed by atoms with Crippen molar-refractivity contribution in [1.29, 1.82) is 0 Å². The number of methoxy groups -OCH3 is 1. The molecule has 0 aliphatic heterocycles. The van der Waals surface area contributed by atoms with Crippen LogP contribution in [0.1, 0.15) is 84.7 Å². The van der Waals surface area contributed by atoms with Crippen LogP contribution in [0.15, 0.2) is 41.6 Å². The van der Waals surface area contributed by atoms with Gasteiger partial charge in [0.1, 0.15) is 11.1 Å². The van der Waals surface area contributed by atoms with Crippen LogP contribution in [0.2, 0.25) is 0 Å². The van der Waals surface area contributed by atoms with Gasteiger partial charge in [-0.3, -0.25) is 19.4 Å². The maximum absolute atomic E-state index is 13.3. The van der Waals surface area contributed by atoms with E-state index in [1.807, 2.05) is 25.1 Å². The molecular weight excluding hydrogens is 432 g/mol. The van der Waals surface area contributed by atoms with E-state index in [1.54, 1.807) is 17.9 Å². The number of ether oxygens (including phenoxy) is 1. The molecule has 2 aromatic rings. The number of nitrogens with zero attached hydrogens (tertiary/aromatic N) is 2. The predicted octanol–water partition coefficient (Wildman–Crippen LogP) is 3.29. The van der Waals surface area contributed by atoms with Crippen LogP contribution >= 0.6 is 0 Å². The van der Waals surface area contributed by atoms with Crippen LogP contribution in [0.4, 0.5) is 0 Å². The zero-order valence-electron chi connectivity index (χ0n) is 20.2. The fourth-order valence-corrected chi connectivity index (χ4v) is 4.31. The average molecular weight is 469 g/mol. The van der Waals surface area contributed by atoms with Gasteiger partial charge in [-0.25, -0.2) is 0 Å². The highest BCUT2D eigenvalue weighted by atomic mass is 16.5. The molecule has 1 aliphatic rings. The van der Waals surface area contributed by atoms with E-state index < -0.39 is 17.2 Å². The van der Waals surface area contributed by atoms with Gasteiger partial charge in [-0.05, 0) is 31.4 Å². The molecule has 2 heterocycles. The highest BCUT2D eigenvalue weighted by Crippen LogP contribution is 2.17. The number of carbonyl (C=O) groups is 2. The first kappa shape index (κ1) is 25.6. The van der Waals surface area contributed by atoms with E-state index in [2.05, 4.69) is 15.6 Å². The zero-order chi connectivity index (χ0) is 24.3. The van der Waals surface area contributed by atoms with Crippen LogP contribution < -0.4 is 16.1 Å². The Morgan fingerprint density at radius 1 is 1.09 bits per heavy atom. The van der Waals surface area contributed by atoms with Crippen molar-refractivity contribution < 1.29 is 14.3 Å². The lowest BCUT2D eigenvalue weighted by molar-refractivity contribution is 0.0892. The van der Waals surface area contributed by atoms with Crippen LogP contribution in [0.3, 0.4) is 0 Å². The summed E-state index contributed by atoms with van der Waals surface area (Å²) >= 11 is 0. The van der Waals surface area contributed by atoms with Gasteiger partial charge in [0, 0.05) is 31.7 Å². The topological polar surface area (TPSA) is 102 Å². The minimum Gasteiger partial charge on any atom is -0.383 e. The maximum atomic E-state index is 13.3. The lowest BCUT2D eigenvalue weighted by Gasteiger charge is -2.21. The third-order valence-corrected chi connectivity index (χ3v) is 6.28. The molecule has 2 aromatic heterocycles. The van der Waals surface area contributed by atoms with Crippen molar-refractivity contribution in [3.8, 4) is 0 Å². The summed E-state index contributed by atoms with van der Waals surface area (Å²) in [5.74, 6) is -0.937. The summed E-state index contributed by atoms with van der Waals surface area (Å²) in [6.07, 6.45) is 12.9. The first-order valence-electron chi connectivity index (χ1n) is 12.3. The Morgan fingerprint density at radius 2 is 1.76 bits per heavy atom. The molecule has 184 valence electrons. The molecule has 1 saturated carbocycles. The molecule has 1 aliphatic carbocycles. The van der Waals surface area contributed by atoms with Crippen molar-refractivity contribution in [2.24, 2.45) is 0 Å². The summed E-state index contributed by atoms with van der Waals surface area (Å²) in [7, 11) is 1.56. The predicted molar refractivity (Wildman–Crippen MR) is 131 cm³/mol. The second-order valence-electron chi connectivity index (χ2n) is 8.96. The molecule has 34 heavy (non-hydrogen) atoms. The number of aromatic nitrogens is 2. The molecule has 8 nitrogen and oxygen atoms in total. The first-order chi connectivity index (χ1) is 16.5. The van der Waals surface area contributed by atoms with Crippen molar-refractivity contribution in [3.05, 3.63) is 63.8 Å². The van der Waals surface area contributed by atoms with Gasteiger partial charge in [0.05, 0.1) is 24.9 Å². The van der Waals surface area contributed by atoms with E-state index in [9.17, 15) is 14.4 Å². The van der Waals surface area contributed by atoms with E-state index in [4.69, 9.17) is 4.74 Å². The minimum atomic E-state index is -0.564. The van der Waals surface area contributed by atoms with Gasteiger partial charge in [-0.15, -0.1) is 0 Å². The molecule has 0 spiro atoms. The molecule has 8 heteroatoms. The Balaban J connectivity index is 1.90. The number of carbonyl (C=O) groups excluding carboxylic acids is 2. The highest BCUT2D eigenvalue weighted by Gasteiger charge is 2.23. The van der Waals surface area contributed by atoms with Gasteiger partial charge in [-0.2, -0.15) is 0 Å². The molecule has 2 N–H and O–H groups in total. The van der Waals surface area contributed by atoms with Crippen molar-refractivity contribution in [2.75, 3.05) is 13.7 Å². The molecule has 1 atom stereocenters. The van der Waals surface area contributed by atoms with Gasteiger partial charge in [0.25, 0.3) is 11.8 Å². The third-order valence-electron chi connectivity index (χ3n) is 6.28. The highest BCUT2D eigenvalue weighted by molar-refractivity contribution is 5.99. The zero-order valence-corrected chi connectivity index (χ0v) is 20.2. The van der Waals surface area contributed by atoms with Crippen LogP contribution in [-0.2, 0) is 11.3 Å². The molecule has 3 rings (SSSR count). The van der Waals surface area contributed by atoms with Crippen LogP contribution in [0.5, 0.6) is 0 Å². The lowest BCUT2D eigenvalue weighted by Crippen LogP contribution is -2.42. The van der Waals surface area contributed by atoms with Crippen molar-refractivity contribution in [1.82, 2.24) is 20.2 Å². The monoisotopic (exact) mass is 468 g/mol. The van der Waals surface area contributed by atoms with Gasteiger partial charge in [0.2, 0.25) is 5.43 Å². The number of hydrogen-bond donors (Lipinski definition) is 2.